The minimum absolute atomic E-state index is 0.00947. The van der Waals surface area contributed by atoms with E-state index in [0.29, 0.717) is 10.2 Å². The zero-order chi connectivity index (χ0) is 23.4. The van der Waals surface area contributed by atoms with Gasteiger partial charge < -0.3 is 10.0 Å². The lowest BCUT2D eigenvalue weighted by Crippen LogP contribution is -2.37. The second kappa shape index (κ2) is 8.06. The van der Waals surface area contributed by atoms with Gasteiger partial charge in [-0.05, 0) is 55.5 Å². The number of amides is 1. The van der Waals surface area contributed by atoms with Gasteiger partial charge in [-0.25, -0.2) is 4.39 Å². The molecule has 1 N–H and O–H groups in total. The summed E-state index contributed by atoms with van der Waals surface area (Å²) in [5, 5.41) is 13.8. The number of aryl methyl sites for hydroxylation is 1. The number of alkyl halides is 3. The van der Waals surface area contributed by atoms with E-state index in [4.69, 9.17) is 11.6 Å². The Morgan fingerprint density at radius 2 is 1.91 bits per heavy atom. The van der Waals surface area contributed by atoms with Crippen LogP contribution >= 0.6 is 11.6 Å². The van der Waals surface area contributed by atoms with Gasteiger partial charge in [0.05, 0.1) is 17.7 Å². The summed E-state index contributed by atoms with van der Waals surface area (Å²) in [6, 6.07) is 2.11. The Morgan fingerprint density at radius 1 is 1.22 bits per heavy atom. The Labute approximate surface area is 185 Å². The van der Waals surface area contributed by atoms with Crippen LogP contribution in [0, 0.1) is 18.7 Å². The van der Waals surface area contributed by atoms with Crippen molar-refractivity contribution in [2.75, 3.05) is 6.54 Å². The van der Waals surface area contributed by atoms with Crippen LogP contribution in [0.3, 0.4) is 0 Å². The molecule has 1 aliphatic carbocycles. The Kier molecular flexibility index (Phi) is 5.68. The number of hydrogen-bond donors (Lipinski definition) is 1. The molecule has 32 heavy (non-hydrogen) atoms. The van der Waals surface area contributed by atoms with E-state index >= 15 is 0 Å². The molecule has 2 atom stereocenters. The highest BCUT2D eigenvalue weighted by Crippen LogP contribution is 2.43. The second-order valence-corrected chi connectivity index (χ2v) is 8.65. The molecule has 1 aromatic carbocycles. The van der Waals surface area contributed by atoms with E-state index in [-0.39, 0.29) is 35.2 Å². The first kappa shape index (κ1) is 22.6. The number of carboxylic acid groups (broad SMARTS) is 1. The maximum atomic E-state index is 14.1. The van der Waals surface area contributed by atoms with Crippen molar-refractivity contribution in [3.05, 3.63) is 51.6 Å². The number of aromatic nitrogens is 2. The van der Waals surface area contributed by atoms with E-state index < -0.39 is 48.1 Å². The van der Waals surface area contributed by atoms with Gasteiger partial charge in [-0.15, -0.1) is 0 Å². The number of hydrogen-bond acceptors (Lipinski definition) is 3. The Bertz CT molecular complexity index is 1080. The van der Waals surface area contributed by atoms with Gasteiger partial charge in [-0.3, -0.25) is 14.3 Å². The van der Waals surface area contributed by atoms with Gasteiger partial charge in [0.15, 0.2) is 0 Å². The van der Waals surface area contributed by atoms with Crippen molar-refractivity contribution in [3.8, 4) is 0 Å². The lowest BCUT2D eigenvalue weighted by molar-refractivity contribution is -0.146. The molecule has 0 unspecified atom stereocenters. The normalized spacial score (nSPS) is 21.2. The van der Waals surface area contributed by atoms with Gasteiger partial charge >= 0.3 is 12.1 Å². The van der Waals surface area contributed by atoms with Crippen LogP contribution < -0.4 is 0 Å². The summed E-state index contributed by atoms with van der Waals surface area (Å²) in [6.45, 7) is 0.825. The highest BCUT2D eigenvalue weighted by Gasteiger charge is 2.44. The third-order valence-electron chi connectivity index (χ3n) is 5.97. The Morgan fingerprint density at radius 3 is 2.50 bits per heavy atom. The van der Waals surface area contributed by atoms with E-state index in [1.165, 1.54) is 6.07 Å². The summed E-state index contributed by atoms with van der Waals surface area (Å²) in [7, 11) is 0. The molecule has 2 aliphatic rings. The molecule has 0 radical (unpaired) electrons. The maximum absolute atomic E-state index is 14.1. The molecule has 1 aromatic heterocycles. The van der Waals surface area contributed by atoms with Crippen molar-refractivity contribution in [2.45, 2.75) is 50.9 Å². The van der Waals surface area contributed by atoms with Gasteiger partial charge in [-0.1, -0.05) is 11.6 Å². The molecular formula is C21H20ClF4N3O3. The third-order valence-corrected chi connectivity index (χ3v) is 6.49. The first-order chi connectivity index (χ1) is 15.0. The van der Waals surface area contributed by atoms with Crippen LogP contribution in [0.25, 0.3) is 0 Å². The molecule has 1 saturated heterocycles. The van der Waals surface area contributed by atoms with Crippen molar-refractivity contribution in [1.82, 2.24) is 14.7 Å². The zero-order valence-corrected chi connectivity index (χ0v) is 17.8. The summed E-state index contributed by atoms with van der Waals surface area (Å²) in [4.78, 5) is 26.1. The number of carbonyl (C=O) groups excluding carboxylic acids is 1. The molecule has 0 bridgehead atoms. The smallest absolute Gasteiger partial charge is 0.433 e. The molecule has 2 aromatic rings. The summed E-state index contributed by atoms with van der Waals surface area (Å²) >= 11 is 6.31. The SMILES string of the molecule is Cc1cc(F)cc([C@H]2[C@@H](C(=O)O)CCN2C(=O)Cn2nc(C3CC3)cc2C(F)(F)F)c1Cl. The maximum Gasteiger partial charge on any atom is 0.433 e. The van der Waals surface area contributed by atoms with Crippen LogP contribution in [0.1, 0.15) is 53.7 Å². The fourth-order valence-electron chi connectivity index (χ4n) is 4.26. The molecular weight excluding hydrogens is 454 g/mol. The number of benzene rings is 1. The minimum Gasteiger partial charge on any atom is -0.481 e. The summed E-state index contributed by atoms with van der Waals surface area (Å²) < 4.78 is 55.2. The second-order valence-electron chi connectivity index (χ2n) is 8.28. The standard InChI is InChI=1S/C21H20ClF4N3O3/c1-10-6-12(23)7-14(18(10)22)19-13(20(31)32)4-5-28(19)17(30)9-29-16(21(24,25)26)8-15(27-29)11-2-3-11/h6-8,11,13,19H,2-5,9H2,1H3,(H,31,32)/t13-,19+/m0/s1. The number of likely N-dealkylation sites (tertiary alicyclic amines) is 1. The lowest BCUT2D eigenvalue weighted by atomic mass is 9.92. The van der Waals surface area contributed by atoms with Crippen LogP contribution in [-0.2, 0) is 22.3 Å². The van der Waals surface area contributed by atoms with E-state index in [1.807, 2.05) is 0 Å². The predicted octanol–water partition coefficient (Wildman–Crippen LogP) is 4.55. The summed E-state index contributed by atoms with van der Waals surface area (Å²) in [5.74, 6) is -3.70. The number of aliphatic carboxylic acids is 1. The monoisotopic (exact) mass is 473 g/mol. The van der Waals surface area contributed by atoms with Crippen molar-refractivity contribution in [2.24, 2.45) is 5.92 Å². The first-order valence-corrected chi connectivity index (χ1v) is 10.5. The molecule has 6 nitrogen and oxygen atoms in total. The summed E-state index contributed by atoms with van der Waals surface area (Å²) in [5.41, 5.74) is -0.253. The van der Waals surface area contributed by atoms with E-state index in [9.17, 15) is 32.3 Å². The van der Waals surface area contributed by atoms with Crippen LogP contribution in [0.15, 0.2) is 18.2 Å². The van der Waals surface area contributed by atoms with Crippen molar-refractivity contribution < 1.29 is 32.3 Å². The van der Waals surface area contributed by atoms with Crippen molar-refractivity contribution in [1.29, 1.82) is 0 Å². The number of nitrogens with zero attached hydrogens (tertiary/aromatic N) is 3. The zero-order valence-electron chi connectivity index (χ0n) is 17.0. The number of carbonyl (C=O) groups is 2. The molecule has 1 aliphatic heterocycles. The van der Waals surface area contributed by atoms with Crippen LogP contribution in [0.5, 0.6) is 0 Å². The van der Waals surface area contributed by atoms with Crippen molar-refractivity contribution in [3.63, 3.8) is 0 Å². The molecule has 4 rings (SSSR count). The predicted molar refractivity (Wildman–Crippen MR) is 106 cm³/mol. The Balaban J connectivity index is 1.68. The number of carboxylic acids is 1. The Hall–Kier alpha value is -2.62. The molecule has 1 saturated carbocycles. The van der Waals surface area contributed by atoms with Crippen LogP contribution in [-0.4, -0.2) is 38.2 Å². The van der Waals surface area contributed by atoms with Gasteiger partial charge in [0.1, 0.15) is 18.1 Å². The average molecular weight is 474 g/mol. The van der Waals surface area contributed by atoms with Gasteiger partial charge in [0, 0.05) is 17.5 Å². The first-order valence-electron chi connectivity index (χ1n) is 10.1. The fourth-order valence-corrected chi connectivity index (χ4v) is 4.49. The van der Waals surface area contributed by atoms with Crippen molar-refractivity contribution >= 4 is 23.5 Å². The third kappa shape index (κ3) is 4.20. The van der Waals surface area contributed by atoms with Crippen LogP contribution in [0.4, 0.5) is 17.6 Å². The van der Waals surface area contributed by atoms with Gasteiger partial charge in [0.25, 0.3) is 0 Å². The van der Waals surface area contributed by atoms with E-state index in [2.05, 4.69) is 5.10 Å². The summed E-state index contributed by atoms with van der Waals surface area (Å²) in [6.07, 6.45) is -3.14. The lowest BCUT2D eigenvalue weighted by Gasteiger charge is -2.29. The van der Waals surface area contributed by atoms with E-state index in [1.54, 1.807) is 6.92 Å². The molecule has 172 valence electrons. The molecule has 2 heterocycles. The topological polar surface area (TPSA) is 75.4 Å². The largest absolute Gasteiger partial charge is 0.481 e. The molecule has 2 fully saturated rings. The molecule has 1 amide bonds. The average Bonchev–Trinajstić information content (AvgIpc) is 3.28. The highest BCUT2D eigenvalue weighted by atomic mass is 35.5. The fraction of sp³-hybridized carbons (Fsp3) is 0.476. The minimum atomic E-state index is -4.70. The highest BCUT2D eigenvalue weighted by molar-refractivity contribution is 6.32. The van der Waals surface area contributed by atoms with Gasteiger partial charge in [0.2, 0.25) is 5.91 Å². The number of halogens is 5. The van der Waals surface area contributed by atoms with E-state index in [0.717, 1.165) is 29.9 Å². The van der Waals surface area contributed by atoms with Crippen LogP contribution in [0.2, 0.25) is 5.02 Å². The van der Waals surface area contributed by atoms with Gasteiger partial charge in [-0.2, -0.15) is 18.3 Å². The molecule has 0 spiro atoms. The quantitative estimate of drug-likeness (QED) is 0.646. The number of rotatable bonds is 5. The molecule has 11 heteroatoms.